The summed E-state index contributed by atoms with van der Waals surface area (Å²) in [5.41, 5.74) is 1.98. The summed E-state index contributed by atoms with van der Waals surface area (Å²) < 4.78 is 5.35. The Morgan fingerprint density at radius 3 is 2.68 bits per heavy atom. The van der Waals surface area contributed by atoms with Crippen molar-refractivity contribution in [3.8, 4) is 0 Å². The molecule has 5 heteroatoms. The van der Waals surface area contributed by atoms with E-state index >= 15 is 0 Å². The van der Waals surface area contributed by atoms with Crippen molar-refractivity contribution in [3.63, 3.8) is 0 Å². The van der Waals surface area contributed by atoms with Crippen molar-refractivity contribution in [1.29, 1.82) is 0 Å². The van der Waals surface area contributed by atoms with Gasteiger partial charge in [0.1, 0.15) is 0 Å². The third-order valence-electron chi connectivity index (χ3n) is 4.93. The molecule has 0 bridgehead atoms. The number of hydrogen-bond donors (Lipinski definition) is 2. The van der Waals surface area contributed by atoms with E-state index < -0.39 is 5.60 Å². The Bertz CT molecular complexity index is 607. The van der Waals surface area contributed by atoms with Gasteiger partial charge in [0, 0.05) is 45.7 Å². The van der Waals surface area contributed by atoms with Crippen LogP contribution in [0.5, 0.6) is 0 Å². The molecule has 0 amide bonds. The van der Waals surface area contributed by atoms with Gasteiger partial charge in [-0.3, -0.25) is 4.99 Å². The van der Waals surface area contributed by atoms with Gasteiger partial charge in [-0.15, -0.1) is 0 Å². The number of hydrogen-bond acceptors (Lipinski definition) is 3. The summed E-state index contributed by atoms with van der Waals surface area (Å²) in [4.78, 5) is 6.99. The summed E-state index contributed by atoms with van der Waals surface area (Å²) in [7, 11) is 0. The minimum Gasteiger partial charge on any atom is -0.388 e. The van der Waals surface area contributed by atoms with Gasteiger partial charge in [0.05, 0.1) is 12.1 Å². The van der Waals surface area contributed by atoms with Crippen LogP contribution in [-0.2, 0) is 4.74 Å². The zero-order valence-corrected chi connectivity index (χ0v) is 15.1. The largest absolute Gasteiger partial charge is 0.388 e. The lowest BCUT2D eigenvalue weighted by Gasteiger charge is -2.33. The SMILES string of the molecule is CCNC(=NCC1(O)CCOCC1)N1CC=C(c2ccccc2)CC1. The Balaban J connectivity index is 1.65. The molecule has 2 aliphatic heterocycles. The van der Waals surface area contributed by atoms with E-state index in [-0.39, 0.29) is 0 Å². The van der Waals surface area contributed by atoms with E-state index in [9.17, 15) is 5.11 Å². The highest BCUT2D eigenvalue weighted by molar-refractivity contribution is 5.81. The molecule has 0 radical (unpaired) electrons. The van der Waals surface area contributed by atoms with Crippen LogP contribution in [0.25, 0.3) is 5.57 Å². The monoisotopic (exact) mass is 343 g/mol. The number of nitrogens with one attached hydrogen (secondary N) is 1. The van der Waals surface area contributed by atoms with Crippen molar-refractivity contribution in [2.45, 2.75) is 31.8 Å². The average molecular weight is 343 g/mol. The molecule has 0 aliphatic carbocycles. The molecule has 5 nitrogen and oxygen atoms in total. The second-order valence-corrected chi connectivity index (χ2v) is 6.80. The van der Waals surface area contributed by atoms with E-state index in [4.69, 9.17) is 9.73 Å². The quantitative estimate of drug-likeness (QED) is 0.650. The Kier molecular flexibility index (Phi) is 6.10. The fourth-order valence-electron chi connectivity index (χ4n) is 3.33. The minimum atomic E-state index is -0.722. The molecule has 0 atom stereocenters. The highest BCUT2D eigenvalue weighted by Crippen LogP contribution is 2.23. The average Bonchev–Trinajstić information content (AvgIpc) is 2.67. The van der Waals surface area contributed by atoms with Crippen molar-refractivity contribution < 1.29 is 9.84 Å². The standard InChI is InChI=1S/C20H29N3O2/c1-2-21-19(22-16-20(24)10-14-25-15-11-20)23-12-8-18(9-13-23)17-6-4-3-5-7-17/h3-8,24H,2,9-16H2,1H3,(H,21,22). The Labute approximate surface area is 150 Å². The van der Waals surface area contributed by atoms with Crippen LogP contribution >= 0.6 is 0 Å². The van der Waals surface area contributed by atoms with E-state index in [1.54, 1.807) is 0 Å². The Morgan fingerprint density at radius 1 is 1.28 bits per heavy atom. The van der Waals surface area contributed by atoms with Gasteiger partial charge < -0.3 is 20.1 Å². The summed E-state index contributed by atoms with van der Waals surface area (Å²) in [5.74, 6) is 0.894. The van der Waals surface area contributed by atoms with Gasteiger partial charge in [0.25, 0.3) is 0 Å². The summed E-state index contributed by atoms with van der Waals surface area (Å²) in [6.07, 6.45) is 4.61. The highest BCUT2D eigenvalue weighted by Gasteiger charge is 2.30. The number of rotatable bonds is 4. The molecule has 0 spiro atoms. The van der Waals surface area contributed by atoms with Crippen molar-refractivity contribution in [2.24, 2.45) is 4.99 Å². The Hall–Kier alpha value is -1.85. The molecule has 25 heavy (non-hydrogen) atoms. The predicted molar refractivity (Wildman–Crippen MR) is 102 cm³/mol. The maximum absolute atomic E-state index is 10.6. The molecule has 2 heterocycles. The molecular formula is C20H29N3O2. The number of aliphatic imine (C=N–C) groups is 1. The van der Waals surface area contributed by atoms with Gasteiger partial charge in [0.2, 0.25) is 0 Å². The molecule has 2 N–H and O–H groups in total. The fraction of sp³-hybridized carbons (Fsp3) is 0.550. The minimum absolute atomic E-state index is 0.435. The third kappa shape index (κ3) is 4.83. The van der Waals surface area contributed by atoms with Crippen LogP contribution in [0.4, 0.5) is 0 Å². The molecule has 1 saturated heterocycles. The van der Waals surface area contributed by atoms with Gasteiger partial charge in [0.15, 0.2) is 5.96 Å². The lowest BCUT2D eigenvalue weighted by Crippen LogP contribution is -2.45. The normalized spacial score (nSPS) is 21.0. The first-order chi connectivity index (χ1) is 12.2. The van der Waals surface area contributed by atoms with Crippen LogP contribution in [0.1, 0.15) is 31.7 Å². The smallest absolute Gasteiger partial charge is 0.194 e. The van der Waals surface area contributed by atoms with Gasteiger partial charge in [-0.2, -0.15) is 0 Å². The van der Waals surface area contributed by atoms with Crippen LogP contribution < -0.4 is 5.32 Å². The summed E-state index contributed by atoms with van der Waals surface area (Å²) in [6, 6.07) is 10.6. The summed E-state index contributed by atoms with van der Waals surface area (Å²) >= 11 is 0. The van der Waals surface area contributed by atoms with Crippen molar-refractivity contribution in [1.82, 2.24) is 10.2 Å². The third-order valence-corrected chi connectivity index (χ3v) is 4.93. The Morgan fingerprint density at radius 2 is 2.04 bits per heavy atom. The second-order valence-electron chi connectivity index (χ2n) is 6.80. The van der Waals surface area contributed by atoms with Gasteiger partial charge in [-0.25, -0.2) is 0 Å². The van der Waals surface area contributed by atoms with E-state index in [0.717, 1.165) is 32.0 Å². The first-order valence-electron chi connectivity index (χ1n) is 9.28. The van der Waals surface area contributed by atoms with Crippen LogP contribution in [0.15, 0.2) is 41.4 Å². The highest BCUT2D eigenvalue weighted by atomic mass is 16.5. The van der Waals surface area contributed by atoms with E-state index in [1.165, 1.54) is 11.1 Å². The van der Waals surface area contributed by atoms with Gasteiger partial charge in [-0.05, 0) is 24.5 Å². The van der Waals surface area contributed by atoms with Gasteiger partial charge >= 0.3 is 0 Å². The van der Waals surface area contributed by atoms with E-state index in [1.807, 2.05) is 0 Å². The molecule has 0 aromatic heterocycles. The number of benzene rings is 1. The first-order valence-corrected chi connectivity index (χ1v) is 9.28. The number of ether oxygens (including phenoxy) is 1. The molecule has 0 saturated carbocycles. The number of nitrogens with zero attached hydrogens (tertiary/aromatic N) is 2. The maximum Gasteiger partial charge on any atom is 0.194 e. The fourth-order valence-corrected chi connectivity index (χ4v) is 3.33. The number of guanidine groups is 1. The van der Waals surface area contributed by atoms with Crippen LogP contribution in [0.2, 0.25) is 0 Å². The molecule has 2 aliphatic rings. The topological polar surface area (TPSA) is 57.1 Å². The van der Waals surface area contributed by atoms with Crippen molar-refractivity contribution in [2.75, 3.05) is 39.4 Å². The molecular weight excluding hydrogens is 314 g/mol. The maximum atomic E-state index is 10.6. The van der Waals surface area contributed by atoms with E-state index in [2.05, 4.69) is 53.5 Å². The van der Waals surface area contributed by atoms with Crippen LogP contribution in [0.3, 0.4) is 0 Å². The summed E-state index contributed by atoms with van der Waals surface area (Å²) in [6.45, 7) is 6.36. The van der Waals surface area contributed by atoms with Crippen molar-refractivity contribution in [3.05, 3.63) is 42.0 Å². The molecule has 1 aromatic rings. The molecule has 1 aromatic carbocycles. The molecule has 3 rings (SSSR count). The van der Waals surface area contributed by atoms with Gasteiger partial charge in [-0.1, -0.05) is 36.4 Å². The van der Waals surface area contributed by atoms with Crippen LogP contribution in [0, 0.1) is 0 Å². The van der Waals surface area contributed by atoms with Crippen LogP contribution in [-0.4, -0.2) is 61.0 Å². The predicted octanol–water partition coefficient (Wildman–Crippen LogP) is 2.28. The zero-order valence-electron chi connectivity index (χ0n) is 15.1. The van der Waals surface area contributed by atoms with E-state index in [0.29, 0.717) is 32.6 Å². The molecule has 0 unspecified atom stereocenters. The molecule has 1 fully saturated rings. The first kappa shape index (κ1) is 18.0. The second kappa shape index (κ2) is 8.50. The summed E-state index contributed by atoms with van der Waals surface area (Å²) in [5, 5.41) is 14.0. The lowest BCUT2D eigenvalue weighted by atomic mass is 9.95. The van der Waals surface area contributed by atoms with Crippen molar-refractivity contribution >= 4 is 11.5 Å². The lowest BCUT2D eigenvalue weighted by molar-refractivity contribution is -0.0566. The molecule has 136 valence electrons. The number of aliphatic hydroxyl groups is 1. The zero-order chi connectivity index (χ0) is 17.5.